The minimum absolute atomic E-state index is 0.00478. The third-order valence-electron chi connectivity index (χ3n) is 4.86. The summed E-state index contributed by atoms with van der Waals surface area (Å²) in [5.41, 5.74) is 1.13. The van der Waals surface area contributed by atoms with Crippen molar-refractivity contribution in [1.82, 2.24) is 9.38 Å². The third-order valence-corrected chi connectivity index (χ3v) is 6.25. The second-order valence-corrected chi connectivity index (χ2v) is 8.75. The van der Waals surface area contributed by atoms with E-state index in [2.05, 4.69) is 20.9 Å². The quantitative estimate of drug-likeness (QED) is 0.236. The number of carbonyl (C=O) groups is 3. The van der Waals surface area contributed by atoms with Gasteiger partial charge in [-0.2, -0.15) is 0 Å². The number of hydrogen-bond acceptors (Lipinski definition) is 7. The van der Waals surface area contributed by atoms with Gasteiger partial charge in [0.25, 0.3) is 0 Å². The van der Waals surface area contributed by atoms with Crippen molar-refractivity contribution in [3.05, 3.63) is 81.0 Å². The number of benzene rings is 1. The molecule has 0 atom stereocenters. The largest absolute Gasteiger partial charge is 0.462 e. The molecule has 0 aliphatic carbocycles. The third kappa shape index (κ3) is 4.34. The molecule has 0 N–H and O–H groups in total. The minimum atomic E-state index is -0.778. The van der Waals surface area contributed by atoms with Crippen LogP contribution in [0.5, 0.6) is 0 Å². The number of halogens is 1. The average Bonchev–Trinajstić information content (AvgIpc) is 3.45. The first kappa shape index (κ1) is 22.9. The Labute approximate surface area is 202 Å². The van der Waals surface area contributed by atoms with E-state index in [4.69, 9.17) is 9.47 Å². The number of ketones is 1. The van der Waals surface area contributed by atoms with Gasteiger partial charge < -0.3 is 9.47 Å². The average molecular weight is 527 g/mol. The fourth-order valence-electron chi connectivity index (χ4n) is 3.52. The Morgan fingerprint density at radius 3 is 2.36 bits per heavy atom. The summed E-state index contributed by atoms with van der Waals surface area (Å²) in [6, 6.07) is 12.3. The zero-order valence-electron chi connectivity index (χ0n) is 17.8. The molecule has 0 spiro atoms. The van der Waals surface area contributed by atoms with Gasteiger partial charge in [-0.05, 0) is 43.5 Å². The number of rotatable bonds is 7. The van der Waals surface area contributed by atoms with E-state index in [-0.39, 0.29) is 30.0 Å². The Balaban J connectivity index is 2.05. The number of ether oxygens (including phenoxy) is 2. The standard InChI is InChI=1S/C24H19BrN2O5S/c1-3-31-23(29)19-17-12-16(18-9-6-10-33-18)26-13-27(17)21(20(19)24(30)32-4-2)22(28)14-7-5-8-15(25)11-14/h5-13H,3-4H2,1-2H3. The molecule has 0 aliphatic heterocycles. The number of nitrogens with zero attached hydrogens (tertiary/aromatic N) is 2. The van der Waals surface area contributed by atoms with Crippen molar-refractivity contribution >= 4 is 50.5 Å². The Hall–Kier alpha value is -3.30. The molecule has 3 aromatic heterocycles. The van der Waals surface area contributed by atoms with Gasteiger partial charge in [-0.1, -0.05) is 34.1 Å². The molecule has 9 heteroatoms. The molecule has 0 aliphatic rings. The first-order chi connectivity index (χ1) is 16.0. The highest BCUT2D eigenvalue weighted by Crippen LogP contribution is 2.31. The zero-order chi connectivity index (χ0) is 23.5. The van der Waals surface area contributed by atoms with Gasteiger partial charge in [0.2, 0.25) is 5.78 Å². The van der Waals surface area contributed by atoms with E-state index in [0.717, 1.165) is 4.88 Å². The van der Waals surface area contributed by atoms with Gasteiger partial charge in [0.05, 0.1) is 29.3 Å². The van der Waals surface area contributed by atoms with Crippen molar-refractivity contribution in [3.8, 4) is 10.6 Å². The van der Waals surface area contributed by atoms with Crippen molar-refractivity contribution in [2.45, 2.75) is 13.8 Å². The van der Waals surface area contributed by atoms with Crippen LogP contribution in [0.4, 0.5) is 0 Å². The summed E-state index contributed by atoms with van der Waals surface area (Å²) >= 11 is 4.86. The van der Waals surface area contributed by atoms with Crippen LogP contribution in [0.15, 0.2) is 58.6 Å². The number of aromatic nitrogens is 2. The summed E-state index contributed by atoms with van der Waals surface area (Å²) in [5.74, 6) is -1.94. The fourth-order valence-corrected chi connectivity index (χ4v) is 4.61. The Bertz CT molecular complexity index is 1360. The molecular weight excluding hydrogens is 508 g/mol. The number of hydrogen-bond donors (Lipinski definition) is 0. The van der Waals surface area contributed by atoms with Crippen LogP contribution in [-0.4, -0.2) is 40.3 Å². The minimum Gasteiger partial charge on any atom is -0.462 e. The molecule has 4 rings (SSSR count). The summed E-state index contributed by atoms with van der Waals surface area (Å²) in [6.45, 7) is 3.52. The number of esters is 2. The highest BCUT2D eigenvalue weighted by molar-refractivity contribution is 9.10. The van der Waals surface area contributed by atoms with Gasteiger partial charge >= 0.3 is 11.9 Å². The number of thiophene rings is 1. The molecule has 1 aromatic carbocycles. The second kappa shape index (κ2) is 9.68. The van der Waals surface area contributed by atoms with E-state index in [0.29, 0.717) is 21.2 Å². The maximum atomic E-state index is 13.6. The number of fused-ring (bicyclic) bond motifs is 1. The summed E-state index contributed by atoms with van der Waals surface area (Å²) in [7, 11) is 0. The predicted molar refractivity (Wildman–Crippen MR) is 128 cm³/mol. The van der Waals surface area contributed by atoms with E-state index in [1.54, 1.807) is 44.2 Å². The molecule has 7 nitrogen and oxygen atoms in total. The molecular formula is C24H19BrN2O5S. The van der Waals surface area contributed by atoms with Crippen LogP contribution in [0.25, 0.3) is 16.1 Å². The molecule has 0 saturated carbocycles. The molecule has 0 unspecified atom stereocenters. The highest BCUT2D eigenvalue weighted by atomic mass is 79.9. The molecule has 0 radical (unpaired) electrons. The SMILES string of the molecule is CCOC(=O)c1c(C(=O)OCC)c2cc(-c3cccs3)ncn2c1C(=O)c1cccc(Br)c1. The summed E-state index contributed by atoms with van der Waals surface area (Å²) in [4.78, 5) is 45.1. The van der Waals surface area contributed by atoms with Crippen LogP contribution in [0.1, 0.15) is 50.6 Å². The van der Waals surface area contributed by atoms with E-state index >= 15 is 0 Å². The lowest BCUT2D eigenvalue weighted by Crippen LogP contribution is -2.16. The molecule has 0 amide bonds. The predicted octanol–water partition coefficient (Wildman–Crippen LogP) is 5.41. The van der Waals surface area contributed by atoms with Crippen LogP contribution >= 0.6 is 27.3 Å². The summed E-state index contributed by atoms with van der Waals surface area (Å²) in [6.07, 6.45) is 1.45. The topological polar surface area (TPSA) is 87.0 Å². The zero-order valence-corrected chi connectivity index (χ0v) is 20.2. The van der Waals surface area contributed by atoms with E-state index in [1.165, 1.54) is 22.1 Å². The first-order valence-electron chi connectivity index (χ1n) is 10.2. The van der Waals surface area contributed by atoms with Crippen molar-refractivity contribution in [1.29, 1.82) is 0 Å². The second-order valence-electron chi connectivity index (χ2n) is 6.89. The normalized spacial score (nSPS) is 10.9. The van der Waals surface area contributed by atoms with Crippen molar-refractivity contribution < 1.29 is 23.9 Å². The molecule has 3 heterocycles. The van der Waals surface area contributed by atoms with E-state index < -0.39 is 17.7 Å². The fraction of sp³-hybridized carbons (Fsp3) is 0.167. The van der Waals surface area contributed by atoms with Crippen molar-refractivity contribution in [3.63, 3.8) is 0 Å². The van der Waals surface area contributed by atoms with E-state index in [9.17, 15) is 14.4 Å². The van der Waals surface area contributed by atoms with Crippen LogP contribution in [0.3, 0.4) is 0 Å². The highest BCUT2D eigenvalue weighted by Gasteiger charge is 2.34. The lowest BCUT2D eigenvalue weighted by atomic mass is 10.0. The van der Waals surface area contributed by atoms with Crippen LogP contribution in [0.2, 0.25) is 0 Å². The van der Waals surface area contributed by atoms with E-state index in [1.807, 2.05) is 17.5 Å². The van der Waals surface area contributed by atoms with Crippen molar-refractivity contribution in [2.24, 2.45) is 0 Å². The Morgan fingerprint density at radius 2 is 1.73 bits per heavy atom. The van der Waals surface area contributed by atoms with Gasteiger partial charge in [-0.3, -0.25) is 9.20 Å². The van der Waals surface area contributed by atoms with Crippen LogP contribution in [-0.2, 0) is 9.47 Å². The van der Waals surface area contributed by atoms with Crippen LogP contribution in [0, 0.1) is 0 Å². The van der Waals surface area contributed by atoms with Gasteiger partial charge in [0.15, 0.2) is 0 Å². The van der Waals surface area contributed by atoms with Gasteiger partial charge in [0.1, 0.15) is 23.1 Å². The molecule has 168 valence electrons. The summed E-state index contributed by atoms with van der Waals surface area (Å²) < 4.78 is 12.7. The first-order valence-corrected chi connectivity index (χ1v) is 11.9. The maximum absolute atomic E-state index is 13.6. The van der Waals surface area contributed by atoms with Gasteiger partial charge in [0, 0.05) is 10.0 Å². The monoisotopic (exact) mass is 526 g/mol. The lowest BCUT2D eigenvalue weighted by Gasteiger charge is -2.07. The maximum Gasteiger partial charge on any atom is 0.341 e. The smallest absolute Gasteiger partial charge is 0.341 e. The van der Waals surface area contributed by atoms with Crippen LogP contribution < -0.4 is 0 Å². The van der Waals surface area contributed by atoms with Gasteiger partial charge in [-0.15, -0.1) is 11.3 Å². The number of carbonyl (C=O) groups excluding carboxylic acids is 3. The Kier molecular flexibility index (Phi) is 6.71. The molecule has 0 saturated heterocycles. The molecule has 0 fully saturated rings. The van der Waals surface area contributed by atoms with Gasteiger partial charge in [-0.25, -0.2) is 14.6 Å². The molecule has 33 heavy (non-hydrogen) atoms. The Morgan fingerprint density at radius 1 is 1.00 bits per heavy atom. The lowest BCUT2D eigenvalue weighted by molar-refractivity contribution is 0.0480. The summed E-state index contributed by atoms with van der Waals surface area (Å²) in [5, 5.41) is 1.91. The molecule has 4 aromatic rings. The van der Waals surface area contributed by atoms with Crippen molar-refractivity contribution in [2.75, 3.05) is 13.2 Å². The molecule has 0 bridgehead atoms.